The molecule has 1 saturated carbocycles. The maximum Gasteiger partial charge on any atom is 0.0650 e. The van der Waals surface area contributed by atoms with E-state index in [1.54, 1.807) is 0 Å². The van der Waals surface area contributed by atoms with E-state index in [1.807, 2.05) is 0 Å². The van der Waals surface area contributed by atoms with Crippen LogP contribution >= 0.6 is 0 Å². The molecule has 0 aromatic heterocycles. The summed E-state index contributed by atoms with van der Waals surface area (Å²) in [5, 5.41) is 10.4. The Balaban J connectivity index is 2.31. The van der Waals surface area contributed by atoms with Gasteiger partial charge in [0.05, 0.1) is 5.60 Å². The molecule has 0 aromatic rings. The molecule has 0 bridgehead atoms. The van der Waals surface area contributed by atoms with E-state index in [9.17, 15) is 5.11 Å². The summed E-state index contributed by atoms with van der Waals surface area (Å²) in [4.78, 5) is 0. The van der Waals surface area contributed by atoms with Crippen molar-refractivity contribution in [2.24, 2.45) is 5.92 Å². The minimum Gasteiger partial charge on any atom is -0.390 e. The summed E-state index contributed by atoms with van der Waals surface area (Å²) in [7, 11) is 0. The monoisotopic (exact) mass is 198 g/mol. The Bertz CT molecular complexity index is 155. The molecule has 0 heterocycles. The van der Waals surface area contributed by atoms with Crippen LogP contribution in [0.15, 0.2) is 0 Å². The van der Waals surface area contributed by atoms with Gasteiger partial charge >= 0.3 is 0 Å². The van der Waals surface area contributed by atoms with Crippen LogP contribution in [0.2, 0.25) is 0 Å². The van der Waals surface area contributed by atoms with Gasteiger partial charge in [-0.05, 0) is 25.2 Å². The van der Waals surface area contributed by atoms with Gasteiger partial charge in [0, 0.05) is 0 Å². The number of hydrogen-bond acceptors (Lipinski definition) is 1. The van der Waals surface area contributed by atoms with Crippen molar-refractivity contribution >= 4 is 0 Å². The first kappa shape index (κ1) is 12.0. The number of unbranched alkanes of at least 4 members (excludes halogenated alkanes) is 2. The second-order valence-electron chi connectivity index (χ2n) is 5.05. The molecule has 1 heteroatoms. The van der Waals surface area contributed by atoms with Crippen LogP contribution in [0, 0.1) is 5.92 Å². The highest BCUT2D eigenvalue weighted by Gasteiger charge is 2.32. The normalized spacial score (nSPS) is 33.2. The van der Waals surface area contributed by atoms with Gasteiger partial charge in [0.2, 0.25) is 0 Å². The molecule has 0 aromatic carbocycles. The zero-order valence-corrected chi connectivity index (χ0v) is 9.89. The number of rotatable bonds is 5. The summed E-state index contributed by atoms with van der Waals surface area (Å²) in [6.07, 6.45) is 10.7. The zero-order valence-electron chi connectivity index (χ0n) is 9.89. The van der Waals surface area contributed by atoms with Crippen molar-refractivity contribution < 1.29 is 5.11 Å². The standard InChI is InChI=1S/C13H26O/c1-3-5-6-9-13(14)10-7-8-12(4-2)11-13/h12,14H,3-11H2,1-2H3. The minimum absolute atomic E-state index is 0.298. The number of aliphatic hydroxyl groups is 1. The minimum atomic E-state index is -0.298. The van der Waals surface area contributed by atoms with Crippen molar-refractivity contribution in [3.05, 3.63) is 0 Å². The van der Waals surface area contributed by atoms with Crippen LogP contribution in [0.25, 0.3) is 0 Å². The Kier molecular flexibility index (Phi) is 4.94. The highest BCUT2D eigenvalue weighted by atomic mass is 16.3. The quantitative estimate of drug-likeness (QED) is 0.664. The van der Waals surface area contributed by atoms with E-state index in [0.29, 0.717) is 0 Å². The summed E-state index contributed by atoms with van der Waals surface area (Å²) in [5.41, 5.74) is -0.298. The van der Waals surface area contributed by atoms with Gasteiger partial charge in [-0.1, -0.05) is 52.4 Å². The molecule has 84 valence electrons. The fourth-order valence-corrected chi connectivity index (χ4v) is 2.74. The van der Waals surface area contributed by atoms with Crippen molar-refractivity contribution in [1.82, 2.24) is 0 Å². The topological polar surface area (TPSA) is 20.2 Å². The van der Waals surface area contributed by atoms with Crippen molar-refractivity contribution in [2.45, 2.75) is 77.2 Å². The van der Waals surface area contributed by atoms with Gasteiger partial charge in [-0.2, -0.15) is 0 Å². The molecule has 2 unspecified atom stereocenters. The predicted octanol–water partition coefficient (Wildman–Crippen LogP) is 3.90. The second kappa shape index (κ2) is 5.75. The van der Waals surface area contributed by atoms with E-state index in [4.69, 9.17) is 0 Å². The molecule has 1 rings (SSSR count). The van der Waals surface area contributed by atoms with E-state index in [1.165, 1.54) is 38.5 Å². The number of hydrogen-bond donors (Lipinski definition) is 1. The van der Waals surface area contributed by atoms with Crippen LogP contribution in [0.4, 0.5) is 0 Å². The van der Waals surface area contributed by atoms with E-state index >= 15 is 0 Å². The first-order valence-corrected chi connectivity index (χ1v) is 6.42. The lowest BCUT2D eigenvalue weighted by molar-refractivity contribution is -0.0254. The Labute approximate surface area is 88.9 Å². The molecular formula is C13H26O. The van der Waals surface area contributed by atoms with Gasteiger partial charge in [-0.25, -0.2) is 0 Å². The summed E-state index contributed by atoms with van der Waals surface area (Å²) in [6.45, 7) is 4.47. The fraction of sp³-hybridized carbons (Fsp3) is 1.00. The third-order valence-electron chi connectivity index (χ3n) is 3.75. The molecule has 1 N–H and O–H groups in total. The lowest BCUT2D eigenvalue weighted by atomic mass is 9.75. The van der Waals surface area contributed by atoms with Crippen LogP contribution in [0.3, 0.4) is 0 Å². The molecule has 14 heavy (non-hydrogen) atoms. The highest BCUT2D eigenvalue weighted by molar-refractivity contribution is 4.85. The first-order valence-electron chi connectivity index (χ1n) is 6.42. The third-order valence-corrected chi connectivity index (χ3v) is 3.75. The molecule has 0 aliphatic heterocycles. The Morgan fingerprint density at radius 1 is 1.29 bits per heavy atom. The molecule has 0 amide bonds. The average Bonchev–Trinajstić information content (AvgIpc) is 2.18. The summed E-state index contributed by atoms with van der Waals surface area (Å²) < 4.78 is 0. The van der Waals surface area contributed by atoms with Gasteiger partial charge in [-0.3, -0.25) is 0 Å². The molecule has 1 fully saturated rings. The highest BCUT2D eigenvalue weighted by Crippen LogP contribution is 2.37. The molecule has 0 radical (unpaired) electrons. The van der Waals surface area contributed by atoms with Crippen LogP contribution < -0.4 is 0 Å². The van der Waals surface area contributed by atoms with E-state index in [0.717, 1.165) is 25.2 Å². The van der Waals surface area contributed by atoms with E-state index in [2.05, 4.69) is 13.8 Å². The predicted molar refractivity (Wildman–Crippen MR) is 61.3 cm³/mol. The van der Waals surface area contributed by atoms with E-state index < -0.39 is 0 Å². The molecular weight excluding hydrogens is 172 g/mol. The Hall–Kier alpha value is -0.0400. The second-order valence-corrected chi connectivity index (χ2v) is 5.05. The molecule has 0 saturated heterocycles. The lowest BCUT2D eigenvalue weighted by Gasteiger charge is -2.36. The van der Waals surface area contributed by atoms with Gasteiger partial charge in [-0.15, -0.1) is 0 Å². The van der Waals surface area contributed by atoms with Gasteiger partial charge in [0.15, 0.2) is 0 Å². The summed E-state index contributed by atoms with van der Waals surface area (Å²) >= 11 is 0. The summed E-state index contributed by atoms with van der Waals surface area (Å²) in [5.74, 6) is 0.787. The van der Waals surface area contributed by atoms with Gasteiger partial charge in [0.1, 0.15) is 0 Å². The average molecular weight is 198 g/mol. The zero-order chi connectivity index (χ0) is 10.4. The molecule has 1 nitrogen and oxygen atoms in total. The van der Waals surface area contributed by atoms with E-state index in [-0.39, 0.29) is 5.60 Å². The van der Waals surface area contributed by atoms with Gasteiger partial charge < -0.3 is 5.11 Å². The molecule has 2 atom stereocenters. The van der Waals surface area contributed by atoms with Gasteiger partial charge in [0.25, 0.3) is 0 Å². The molecule has 0 spiro atoms. The SMILES string of the molecule is CCCCCC1(O)CCCC(CC)C1. The Morgan fingerprint density at radius 3 is 2.71 bits per heavy atom. The van der Waals surface area contributed by atoms with Crippen LogP contribution in [0.5, 0.6) is 0 Å². The van der Waals surface area contributed by atoms with Crippen molar-refractivity contribution in [3.63, 3.8) is 0 Å². The Morgan fingerprint density at radius 2 is 2.07 bits per heavy atom. The van der Waals surface area contributed by atoms with Crippen molar-refractivity contribution in [2.75, 3.05) is 0 Å². The maximum atomic E-state index is 10.4. The first-order chi connectivity index (χ1) is 6.70. The molecule has 1 aliphatic carbocycles. The van der Waals surface area contributed by atoms with Crippen LogP contribution in [-0.4, -0.2) is 10.7 Å². The van der Waals surface area contributed by atoms with Crippen LogP contribution in [0.1, 0.15) is 71.6 Å². The summed E-state index contributed by atoms with van der Waals surface area (Å²) in [6, 6.07) is 0. The van der Waals surface area contributed by atoms with Crippen molar-refractivity contribution in [3.8, 4) is 0 Å². The smallest absolute Gasteiger partial charge is 0.0650 e. The van der Waals surface area contributed by atoms with Crippen LogP contribution in [-0.2, 0) is 0 Å². The lowest BCUT2D eigenvalue weighted by Crippen LogP contribution is -2.35. The largest absolute Gasteiger partial charge is 0.390 e. The fourth-order valence-electron chi connectivity index (χ4n) is 2.74. The molecule has 1 aliphatic rings. The third kappa shape index (κ3) is 3.61. The maximum absolute atomic E-state index is 10.4. The van der Waals surface area contributed by atoms with Crippen molar-refractivity contribution in [1.29, 1.82) is 0 Å².